The van der Waals surface area contributed by atoms with E-state index in [0.29, 0.717) is 12.2 Å². The summed E-state index contributed by atoms with van der Waals surface area (Å²) in [5.41, 5.74) is 0. The van der Waals surface area contributed by atoms with Crippen LogP contribution in [0.4, 0.5) is 0 Å². The van der Waals surface area contributed by atoms with E-state index in [2.05, 4.69) is 0 Å². The molecule has 0 aromatic rings. The Balaban J connectivity index is 1.51. The zero-order chi connectivity index (χ0) is 7.52. The van der Waals surface area contributed by atoms with E-state index in [-0.39, 0.29) is 0 Å². The average molecular weight is 156 g/mol. The summed E-state index contributed by atoms with van der Waals surface area (Å²) in [4.78, 5) is 0. The van der Waals surface area contributed by atoms with Gasteiger partial charge in [-0.25, -0.2) is 0 Å². The summed E-state index contributed by atoms with van der Waals surface area (Å²) in [6.07, 6.45) is 7.52. The van der Waals surface area contributed by atoms with Crippen LogP contribution in [0.5, 0.6) is 0 Å². The van der Waals surface area contributed by atoms with Crippen molar-refractivity contribution in [3.05, 3.63) is 0 Å². The topological polar surface area (TPSA) is 21.8 Å². The molecule has 2 heterocycles. The fourth-order valence-corrected chi connectivity index (χ4v) is 1.68. The average Bonchev–Trinajstić information content (AvgIpc) is 2.66. The first-order valence-electron chi connectivity index (χ1n) is 4.68. The van der Waals surface area contributed by atoms with E-state index in [0.717, 1.165) is 13.2 Å². The minimum atomic E-state index is 0.578. The summed E-state index contributed by atoms with van der Waals surface area (Å²) in [5.74, 6) is 0. The SMILES string of the molecule is C1COC(CCCC2CO2)C1. The van der Waals surface area contributed by atoms with Gasteiger partial charge in [0.15, 0.2) is 0 Å². The van der Waals surface area contributed by atoms with Crippen LogP contribution in [-0.2, 0) is 9.47 Å². The summed E-state index contributed by atoms with van der Waals surface area (Å²) in [5, 5.41) is 0. The van der Waals surface area contributed by atoms with E-state index >= 15 is 0 Å². The molecule has 0 aromatic heterocycles. The molecule has 0 amide bonds. The van der Waals surface area contributed by atoms with Gasteiger partial charge in [0.2, 0.25) is 0 Å². The lowest BCUT2D eigenvalue weighted by molar-refractivity contribution is 0.101. The molecule has 2 fully saturated rings. The van der Waals surface area contributed by atoms with Gasteiger partial charge in [-0.15, -0.1) is 0 Å². The first-order valence-corrected chi connectivity index (χ1v) is 4.68. The van der Waals surface area contributed by atoms with Crippen molar-refractivity contribution in [1.29, 1.82) is 0 Å². The van der Waals surface area contributed by atoms with E-state index in [1.54, 1.807) is 0 Å². The van der Waals surface area contributed by atoms with Crippen LogP contribution in [0, 0.1) is 0 Å². The molecule has 11 heavy (non-hydrogen) atoms. The molecule has 2 aliphatic rings. The quantitative estimate of drug-likeness (QED) is 0.578. The molecule has 0 bridgehead atoms. The Hall–Kier alpha value is -0.0800. The normalized spacial score (nSPS) is 36.0. The minimum Gasteiger partial charge on any atom is -0.378 e. The highest BCUT2D eigenvalue weighted by atomic mass is 16.6. The highest BCUT2D eigenvalue weighted by Crippen LogP contribution is 2.21. The lowest BCUT2D eigenvalue weighted by atomic mass is 10.1. The Kier molecular flexibility index (Phi) is 2.44. The van der Waals surface area contributed by atoms with Gasteiger partial charge >= 0.3 is 0 Å². The lowest BCUT2D eigenvalue weighted by Crippen LogP contribution is -2.04. The molecular formula is C9H16O2. The third-order valence-corrected chi connectivity index (χ3v) is 2.48. The van der Waals surface area contributed by atoms with Gasteiger partial charge in [0, 0.05) is 6.61 Å². The second-order valence-corrected chi connectivity index (χ2v) is 3.52. The van der Waals surface area contributed by atoms with Crippen molar-refractivity contribution in [2.75, 3.05) is 13.2 Å². The Morgan fingerprint density at radius 2 is 1.91 bits per heavy atom. The Labute approximate surface area is 67.9 Å². The minimum absolute atomic E-state index is 0.578. The third kappa shape index (κ3) is 2.46. The van der Waals surface area contributed by atoms with Gasteiger partial charge in [-0.3, -0.25) is 0 Å². The molecular weight excluding hydrogens is 140 g/mol. The molecule has 64 valence electrons. The molecule has 2 rings (SSSR count). The van der Waals surface area contributed by atoms with Crippen LogP contribution in [0.15, 0.2) is 0 Å². The first-order chi connectivity index (χ1) is 5.45. The van der Waals surface area contributed by atoms with Crippen molar-refractivity contribution in [2.24, 2.45) is 0 Å². The van der Waals surface area contributed by atoms with E-state index in [1.165, 1.54) is 32.1 Å². The van der Waals surface area contributed by atoms with Gasteiger partial charge in [-0.05, 0) is 32.1 Å². The van der Waals surface area contributed by atoms with Crippen LogP contribution in [0.3, 0.4) is 0 Å². The molecule has 2 nitrogen and oxygen atoms in total. The summed E-state index contributed by atoms with van der Waals surface area (Å²) >= 11 is 0. The van der Waals surface area contributed by atoms with Crippen molar-refractivity contribution >= 4 is 0 Å². The molecule has 2 heteroatoms. The van der Waals surface area contributed by atoms with Gasteiger partial charge in [0.05, 0.1) is 18.8 Å². The Bertz CT molecular complexity index is 115. The van der Waals surface area contributed by atoms with Crippen LogP contribution in [0.25, 0.3) is 0 Å². The van der Waals surface area contributed by atoms with Crippen molar-refractivity contribution in [2.45, 2.75) is 44.3 Å². The van der Waals surface area contributed by atoms with E-state index in [9.17, 15) is 0 Å². The maximum Gasteiger partial charge on any atom is 0.0810 e. The van der Waals surface area contributed by atoms with Crippen LogP contribution in [0.1, 0.15) is 32.1 Å². The molecule has 0 saturated carbocycles. The molecule has 2 saturated heterocycles. The summed E-state index contributed by atoms with van der Waals surface area (Å²) in [6, 6.07) is 0. The fourth-order valence-electron chi connectivity index (χ4n) is 1.68. The number of rotatable bonds is 4. The Morgan fingerprint density at radius 1 is 1.09 bits per heavy atom. The van der Waals surface area contributed by atoms with E-state index in [4.69, 9.17) is 9.47 Å². The second kappa shape index (κ2) is 3.55. The van der Waals surface area contributed by atoms with Crippen molar-refractivity contribution in [3.8, 4) is 0 Å². The van der Waals surface area contributed by atoms with Crippen LogP contribution < -0.4 is 0 Å². The predicted molar refractivity (Wildman–Crippen MR) is 42.6 cm³/mol. The summed E-state index contributed by atoms with van der Waals surface area (Å²) in [6.45, 7) is 2.00. The standard InChI is InChI=1S/C9H16O2/c1(4-9-7-11-9)3-8-5-2-6-10-8/h8-9H,1-7H2. The first kappa shape index (κ1) is 7.56. The van der Waals surface area contributed by atoms with Gasteiger partial charge in [0.25, 0.3) is 0 Å². The van der Waals surface area contributed by atoms with Crippen molar-refractivity contribution in [3.63, 3.8) is 0 Å². The molecule has 0 aromatic carbocycles. The lowest BCUT2D eigenvalue weighted by Gasteiger charge is -2.06. The van der Waals surface area contributed by atoms with E-state index < -0.39 is 0 Å². The van der Waals surface area contributed by atoms with Gasteiger partial charge < -0.3 is 9.47 Å². The largest absolute Gasteiger partial charge is 0.378 e. The van der Waals surface area contributed by atoms with Crippen LogP contribution >= 0.6 is 0 Å². The monoisotopic (exact) mass is 156 g/mol. The fraction of sp³-hybridized carbons (Fsp3) is 1.00. The maximum atomic E-state index is 5.51. The zero-order valence-electron chi connectivity index (χ0n) is 6.92. The van der Waals surface area contributed by atoms with Gasteiger partial charge in [-0.1, -0.05) is 0 Å². The number of epoxide rings is 1. The molecule has 0 N–H and O–H groups in total. The third-order valence-electron chi connectivity index (χ3n) is 2.48. The number of hydrogen-bond acceptors (Lipinski definition) is 2. The van der Waals surface area contributed by atoms with Crippen LogP contribution in [0.2, 0.25) is 0 Å². The highest BCUT2D eigenvalue weighted by Gasteiger charge is 2.22. The van der Waals surface area contributed by atoms with Crippen molar-refractivity contribution < 1.29 is 9.47 Å². The number of ether oxygens (including phenoxy) is 2. The summed E-state index contributed by atoms with van der Waals surface area (Å²) in [7, 11) is 0. The molecule has 0 aliphatic carbocycles. The van der Waals surface area contributed by atoms with Crippen molar-refractivity contribution in [1.82, 2.24) is 0 Å². The van der Waals surface area contributed by atoms with Gasteiger partial charge in [-0.2, -0.15) is 0 Å². The summed E-state index contributed by atoms with van der Waals surface area (Å²) < 4.78 is 10.6. The smallest absolute Gasteiger partial charge is 0.0810 e. The molecule has 0 spiro atoms. The molecule has 0 radical (unpaired) electrons. The highest BCUT2D eigenvalue weighted by molar-refractivity contribution is 4.71. The van der Waals surface area contributed by atoms with Gasteiger partial charge in [0.1, 0.15) is 0 Å². The molecule has 2 unspecified atom stereocenters. The van der Waals surface area contributed by atoms with E-state index in [1.807, 2.05) is 0 Å². The molecule has 2 atom stereocenters. The van der Waals surface area contributed by atoms with Crippen LogP contribution in [-0.4, -0.2) is 25.4 Å². The predicted octanol–water partition coefficient (Wildman–Crippen LogP) is 1.73. The maximum absolute atomic E-state index is 5.51. The molecule has 2 aliphatic heterocycles. The zero-order valence-corrected chi connectivity index (χ0v) is 6.92. The second-order valence-electron chi connectivity index (χ2n) is 3.52. The number of hydrogen-bond donors (Lipinski definition) is 0. The Morgan fingerprint density at radius 3 is 2.55 bits per heavy atom.